The van der Waals surface area contributed by atoms with Gasteiger partial charge in [0.25, 0.3) is 11.5 Å². The molecule has 7 heteroatoms. The predicted octanol–water partition coefficient (Wildman–Crippen LogP) is 2.36. The van der Waals surface area contributed by atoms with Crippen LogP contribution in [0.3, 0.4) is 0 Å². The first-order valence-electron chi connectivity index (χ1n) is 8.42. The molecule has 0 aliphatic carbocycles. The van der Waals surface area contributed by atoms with E-state index >= 15 is 0 Å². The minimum atomic E-state index is -0.337. The molecule has 0 bridgehead atoms. The predicted molar refractivity (Wildman–Crippen MR) is 99.2 cm³/mol. The van der Waals surface area contributed by atoms with Gasteiger partial charge in [-0.05, 0) is 29.8 Å². The molecule has 4 aromatic rings. The van der Waals surface area contributed by atoms with Gasteiger partial charge in [-0.15, -0.1) is 0 Å². The highest BCUT2D eigenvalue weighted by Gasteiger charge is 2.13. The monoisotopic (exact) mass is 360 g/mol. The molecule has 0 unspecified atom stereocenters. The summed E-state index contributed by atoms with van der Waals surface area (Å²) in [6.07, 6.45) is 4.81. The standard InChI is InChI=1S/C20H16N4O3/c25-19(18-8-4-10-27-18)22-12-17-15-6-1-2-7-16(15)20(26)24(23-17)13-14-5-3-9-21-11-14/h1-11H,12-13H2,(H,22,25). The van der Waals surface area contributed by atoms with Crippen molar-refractivity contribution in [3.05, 3.63) is 94.6 Å². The first kappa shape index (κ1) is 16.7. The van der Waals surface area contributed by atoms with Crippen molar-refractivity contribution in [3.8, 4) is 0 Å². The Morgan fingerprint density at radius 1 is 1.07 bits per heavy atom. The molecule has 134 valence electrons. The Kier molecular flexibility index (Phi) is 4.49. The van der Waals surface area contributed by atoms with Crippen LogP contribution in [0, 0.1) is 0 Å². The molecule has 27 heavy (non-hydrogen) atoms. The molecule has 0 radical (unpaired) electrons. The molecule has 1 aromatic carbocycles. The Labute approximate surface area is 154 Å². The lowest BCUT2D eigenvalue weighted by Gasteiger charge is -2.11. The van der Waals surface area contributed by atoms with Crippen LogP contribution >= 0.6 is 0 Å². The Morgan fingerprint density at radius 2 is 1.93 bits per heavy atom. The van der Waals surface area contributed by atoms with E-state index in [4.69, 9.17) is 4.42 Å². The highest BCUT2D eigenvalue weighted by molar-refractivity contribution is 5.91. The van der Waals surface area contributed by atoms with E-state index in [1.807, 2.05) is 30.3 Å². The molecular formula is C20H16N4O3. The van der Waals surface area contributed by atoms with Gasteiger partial charge < -0.3 is 9.73 Å². The molecule has 1 amide bonds. The zero-order valence-corrected chi connectivity index (χ0v) is 14.3. The number of furan rings is 1. The molecule has 0 spiro atoms. The van der Waals surface area contributed by atoms with E-state index in [1.54, 1.807) is 30.6 Å². The average Bonchev–Trinajstić information content (AvgIpc) is 3.25. The fraction of sp³-hybridized carbons (Fsp3) is 0.100. The van der Waals surface area contributed by atoms with E-state index < -0.39 is 0 Å². The second-order valence-corrected chi connectivity index (χ2v) is 5.98. The van der Waals surface area contributed by atoms with Gasteiger partial charge in [-0.2, -0.15) is 5.10 Å². The maximum absolute atomic E-state index is 12.8. The number of nitrogens with zero attached hydrogens (tertiary/aromatic N) is 3. The van der Waals surface area contributed by atoms with Crippen LogP contribution in [0.4, 0.5) is 0 Å². The number of fused-ring (bicyclic) bond motifs is 1. The minimum Gasteiger partial charge on any atom is -0.459 e. The van der Waals surface area contributed by atoms with Gasteiger partial charge in [0.2, 0.25) is 0 Å². The molecular weight excluding hydrogens is 344 g/mol. The summed E-state index contributed by atoms with van der Waals surface area (Å²) in [6, 6.07) is 14.2. The normalized spacial score (nSPS) is 10.8. The number of hydrogen-bond donors (Lipinski definition) is 1. The number of carbonyl (C=O) groups excluding carboxylic acids is 1. The number of nitrogens with one attached hydrogen (secondary N) is 1. The smallest absolute Gasteiger partial charge is 0.287 e. The molecule has 4 rings (SSSR count). The molecule has 0 aliphatic heterocycles. The van der Waals surface area contributed by atoms with Crippen LogP contribution < -0.4 is 10.9 Å². The largest absolute Gasteiger partial charge is 0.459 e. The van der Waals surface area contributed by atoms with Crippen LogP contribution in [0.15, 0.2) is 76.4 Å². The minimum absolute atomic E-state index is 0.174. The average molecular weight is 360 g/mol. The van der Waals surface area contributed by atoms with Crippen molar-refractivity contribution in [1.82, 2.24) is 20.1 Å². The second kappa shape index (κ2) is 7.25. The molecule has 1 N–H and O–H groups in total. The Morgan fingerprint density at radius 3 is 2.67 bits per heavy atom. The molecule has 3 heterocycles. The van der Waals surface area contributed by atoms with Crippen LogP contribution in [-0.2, 0) is 13.1 Å². The molecule has 0 fully saturated rings. The van der Waals surface area contributed by atoms with E-state index in [0.29, 0.717) is 23.0 Å². The van der Waals surface area contributed by atoms with E-state index in [1.165, 1.54) is 10.9 Å². The third-order valence-corrected chi connectivity index (χ3v) is 4.16. The van der Waals surface area contributed by atoms with Crippen LogP contribution in [0.2, 0.25) is 0 Å². The number of hydrogen-bond acceptors (Lipinski definition) is 5. The van der Waals surface area contributed by atoms with E-state index in [-0.39, 0.29) is 23.8 Å². The third kappa shape index (κ3) is 3.48. The van der Waals surface area contributed by atoms with Crippen LogP contribution in [0.1, 0.15) is 21.8 Å². The number of pyridine rings is 1. The van der Waals surface area contributed by atoms with Crippen molar-refractivity contribution in [2.45, 2.75) is 13.1 Å². The van der Waals surface area contributed by atoms with Gasteiger partial charge in [0.15, 0.2) is 5.76 Å². The van der Waals surface area contributed by atoms with Crippen LogP contribution in [-0.4, -0.2) is 20.7 Å². The lowest BCUT2D eigenvalue weighted by Crippen LogP contribution is -2.28. The molecule has 7 nitrogen and oxygen atoms in total. The van der Waals surface area contributed by atoms with Crippen molar-refractivity contribution in [2.75, 3.05) is 0 Å². The zero-order chi connectivity index (χ0) is 18.6. The third-order valence-electron chi connectivity index (χ3n) is 4.16. The van der Waals surface area contributed by atoms with Crippen LogP contribution in [0.25, 0.3) is 10.8 Å². The summed E-state index contributed by atoms with van der Waals surface area (Å²) in [5, 5.41) is 8.53. The lowest BCUT2D eigenvalue weighted by molar-refractivity contribution is 0.0922. The number of benzene rings is 1. The first-order valence-corrected chi connectivity index (χ1v) is 8.42. The summed E-state index contributed by atoms with van der Waals surface area (Å²) in [5.74, 6) is -0.112. The number of rotatable bonds is 5. The number of carbonyl (C=O) groups is 1. The van der Waals surface area contributed by atoms with Gasteiger partial charge >= 0.3 is 0 Å². The second-order valence-electron chi connectivity index (χ2n) is 5.98. The summed E-state index contributed by atoms with van der Waals surface area (Å²) in [4.78, 5) is 29.0. The topological polar surface area (TPSA) is 90.0 Å². The first-order chi connectivity index (χ1) is 13.2. The van der Waals surface area contributed by atoms with Gasteiger partial charge in [-0.1, -0.05) is 24.3 Å². The Hall–Kier alpha value is -3.74. The lowest BCUT2D eigenvalue weighted by atomic mass is 10.1. The Bertz CT molecular complexity index is 1140. The zero-order valence-electron chi connectivity index (χ0n) is 14.3. The maximum Gasteiger partial charge on any atom is 0.287 e. The van der Waals surface area contributed by atoms with E-state index in [2.05, 4.69) is 15.4 Å². The summed E-state index contributed by atoms with van der Waals surface area (Å²) in [5.41, 5.74) is 1.29. The Balaban J connectivity index is 1.69. The van der Waals surface area contributed by atoms with Crippen LogP contribution in [0.5, 0.6) is 0 Å². The summed E-state index contributed by atoms with van der Waals surface area (Å²) in [6.45, 7) is 0.476. The van der Waals surface area contributed by atoms with Crippen molar-refractivity contribution in [3.63, 3.8) is 0 Å². The quantitative estimate of drug-likeness (QED) is 0.590. The van der Waals surface area contributed by atoms with Gasteiger partial charge in [0.05, 0.1) is 30.4 Å². The molecule has 0 saturated heterocycles. The van der Waals surface area contributed by atoms with Crippen molar-refractivity contribution < 1.29 is 9.21 Å². The fourth-order valence-electron chi connectivity index (χ4n) is 2.87. The number of amides is 1. The van der Waals surface area contributed by atoms with Gasteiger partial charge in [-0.3, -0.25) is 14.6 Å². The SMILES string of the molecule is O=C(NCc1nn(Cc2cccnc2)c(=O)c2ccccc12)c1ccco1. The number of aromatic nitrogens is 3. The van der Waals surface area contributed by atoms with Gasteiger partial charge in [0.1, 0.15) is 0 Å². The van der Waals surface area contributed by atoms with Gasteiger partial charge in [0, 0.05) is 17.8 Å². The van der Waals surface area contributed by atoms with Gasteiger partial charge in [-0.25, -0.2) is 4.68 Å². The highest BCUT2D eigenvalue weighted by Crippen LogP contribution is 2.14. The highest BCUT2D eigenvalue weighted by atomic mass is 16.3. The van der Waals surface area contributed by atoms with Crippen molar-refractivity contribution in [2.24, 2.45) is 0 Å². The summed E-state index contributed by atoms with van der Waals surface area (Å²) >= 11 is 0. The van der Waals surface area contributed by atoms with E-state index in [0.717, 1.165) is 5.56 Å². The van der Waals surface area contributed by atoms with Crippen molar-refractivity contribution in [1.29, 1.82) is 0 Å². The molecule has 0 aliphatic rings. The molecule has 0 saturated carbocycles. The summed E-state index contributed by atoms with van der Waals surface area (Å²) in [7, 11) is 0. The molecule has 0 atom stereocenters. The maximum atomic E-state index is 12.8. The summed E-state index contributed by atoms with van der Waals surface area (Å²) < 4.78 is 6.49. The molecule has 3 aromatic heterocycles. The van der Waals surface area contributed by atoms with E-state index in [9.17, 15) is 9.59 Å². The fourth-order valence-corrected chi connectivity index (χ4v) is 2.87. The van der Waals surface area contributed by atoms with Crippen molar-refractivity contribution >= 4 is 16.7 Å².